The van der Waals surface area contributed by atoms with E-state index in [1.165, 1.54) is 0 Å². The third-order valence-corrected chi connectivity index (χ3v) is 4.33. The van der Waals surface area contributed by atoms with E-state index < -0.39 is 0 Å². The van der Waals surface area contributed by atoms with Gasteiger partial charge in [0.2, 0.25) is 5.91 Å². The monoisotopic (exact) mass is 329 g/mol. The fourth-order valence-corrected chi connectivity index (χ4v) is 3.18. The van der Waals surface area contributed by atoms with Crippen molar-refractivity contribution >= 4 is 22.2 Å². The molecule has 1 aromatic carbocycles. The minimum absolute atomic E-state index is 0.0409. The Bertz CT molecular complexity index is 773. The lowest BCUT2D eigenvalue weighted by atomic mass is 10.1. The molecule has 0 radical (unpaired) electrons. The van der Waals surface area contributed by atoms with Gasteiger partial charge in [0.25, 0.3) is 0 Å². The van der Waals surface area contributed by atoms with Crippen LogP contribution in [0.3, 0.4) is 0 Å². The number of nitrogens with zero attached hydrogens (tertiary/aromatic N) is 2. The van der Waals surface area contributed by atoms with Crippen LogP contribution >= 0.6 is 11.3 Å². The first-order valence-electron chi connectivity index (χ1n) is 7.50. The molecular weight excluding hydrogens is 310 g/mol. The zero-order valence-corrected chi connectivity index (χ0v) is 14.0. The molecule has 0 aliphatic heterocycles. The van der Waals surface area contributed by atoms with Gasteiger partial charge in [-0.05, 0) is 25.0 Å². The van der Waals surface area contributed by atoms with Crippen LogP contribution in [-0.2, 0) is 11.2 Å². The van der Waals surface area contributed by atoms with Crippen molar-refractivity contribution in [1.29, 1.82) is 0 Å². The van der Waals surface area contributed by atoms with Crippen LogP contribution in [0.4, 0.5) is 0 Å². The Morgan fingerprint density at radius 1 is 1.35 bits per heavy atom. The minimum Gasteiger partial charge on any atom is -0.491 e. The summed E-state index contributed by atoms with van der Waals surface area (Å²) in [4.78, 5) is 17.3. The molecule has 2 aromatic heterocycles. The second-order valence-electron chi connectivity index (χ2n) is 5.42. The maximum absolute atomic E-state index is 11.9. The lowest BCUT2D eigenvalue weighted by molar-refractivity contribution is -0.120. The fraction of sp³-hybridized carbons (Fsp3) is 0.294. The molecule has 0 fully saturated rings. The number of carbonyl (C=O) groups is 1. The molecule has 1 amide bonds. The molecular formula is C17H19N3O2S. The predicted molar refractivity (Wildman–Crippen MR) is 91.2 cm³/mol. The highest BCUT2D eigenvalue weighted by Gasteiger charge is 2.08. The highest BCUT2D eigenvalue weighted by molar-refractivity contribution is 7.15. The van der Waals surface area contributed by atoms with Crippen molar-refractivity contribution < 1.29 is 9.53 Å². The molecule has 0 unspecified atom stereocenters. The summed E-state index contributed by atoms with van der Waals surface area (Å²) in [6, 6.07) is 6.05. The van der Waals surface area contributed by atoms with Gasteiger partial charge in [-0.3, -0.25) is 9.20 Å². The molecule has 0 spiro atoms. The fourth-order valence-electron chi connectivity index (χ4n) is 2.46. The number of fused-ring (bicyclic) bond motifs is 1. The van der Waals surface area contributed by atoms with Crippen LogP contribution in [0.15, 0.2) is 36.0 Å². The number of aromatic nitrogens is 2. The molecule has 2 heterocycles. The molecule has 0 bridgehead atoms. The van der Waals surface area contributed by atoms with Crippen molar-refractivity contribution in [2.75, 3.05) is 13.2 Å². The summed E-state index contributed by atoms with van der Waals surface area (Å²) in [5.41, 5.74) is 2.99. The first-order chi connectivity index (χ1) is 11.1. The van der Waals surface area contributed by atoms with E-state index in [1.807, 2.05) is 54.2 Å². The highest BCUT2D eigenvalue weighted by Crippen LogP contribution is 2.21. The molecule has 5 nitrogen and oxygen atoms in total. The summed E-state index contributed by atoms with van der Waals surface area (Å²) in [6.45, 7) is 4.97. The van der Waals surface area contributed by atoms with Crippen molar-refractivity contribution in [3.8, 4) is 5.75 Å². The minimum atomic E-state index is -0.0409. The number of para-hydroxylation sites is 1. The number of ether oxygens (including phenoxy) is 1. The Morgan fingerprint density at radius 3 is 2.87 bits per heavy atom. The van der Waals surface area contributed by atoms with Crippen LogP contribution in [0.1, 0.15) is 16.8 Å². The van der Waals surface area contributed by atoms with Gasteiger partial charge in [-0.25, -0.2) is 4.98 Å². The number of amides is 1. The molecule has 0 aliphatic carbocycles. The predicted octanol–water partition coefficient (Wildman–Crippen LogP) is 2.75. The van der Waals surface area contributed by atoms with Crippen LogP contribution in [0, 0.1) is 13.8 Å². The number of nitrogens with one attached hydrogen (secondary N) is 1. The van der Waals surface area contributed by atoms with Gasteiger partial charge in [0.05, 0.1) is 18.7 Å². The number of hydrogen-bond donors (Lipinski definition) is 1. The quantitative estimate of drug-likeness (QED) is 0.708. The normalized spacial score (nSPS) is 10.9. The molecule has 1 N–H and O–H groups in total. The molecule has 3 rings (SSSR count). The maximum Gasteiger partial charge on any atom is 0.226 e. The summed E-state index contributed by atoms with van der Waals surface area (Å²) in [5, 5.41) is 4.84. The molecule has 120 valence electrons. The van der Waals surface area contributed by atoms with Gasteiger partial charge in [-0.2, -0.15) is 0 Å². The Balaban J connectivity index is 1.45. The average molecular weight is 329 g/mol. The maximum atomic E-state index is 11.9. The number of imidazole rings is 1. The third kappa shape index (κ3) is 3.71. The third-order valence-electron chi connectivity index (χ3n) is 3.56. The van der Waals surface area contributed by atoms with Crippen molar-refractivity contribution in [2.45, 2.75) is 20.3 Å². The van der Waals surface area contributed by atoms with E-state index in [2.05, 4.69) is 10.3 Å². The largest absolute Gasteiger partial charge is 0.491 e. The molecule has 0 aliphatic rings. The van der Waals surface area contributed by atoms with Gasteiger partial charge in [-0.1, -0.05) is 18.2 Å². The highest BCUT2D eigenvalue weighted by atomic mass is 32.1. The van der Waals surface area contributed by atoms with E-state index in [1.54, 1.807) is 11.3 Å². The number of hydrogen-bond acceptors (Lipinski definition) is 4. The Kier molecular flexibility index (Phi) is 4.62. The molecule has 0 saturated heterocycles. The average Bonchev–Trinajstić information content (AvgIpc) is 3.07. The second kappa shape index (κ2) is 6.83. The van der Waals surface area contributed by atoms with Gasteiger partial charge in [-0.15, -0.1) is 11.3 Å². The Labute approximate surface area is 138 Å². The summed E-state index contributed by atoms with van der Waals surface area (Å²) >= 11 is 1.56. The van der Waals surface area contributed by atoms with E-state index >= 15 is 0 Å². The van der Waals surface area contributed by atoms with Crippen LogP contribution < -0.4 is 10.1 Å². The van der Waals surface area contributed by atoms with Gasteiger partial charge in [0, 0.05) is 17.8 Å². The van der Waals surface area contributed by atoms with Gasteiger partial charge >= 0.3 is 0 Å². The summed E-state index contributed by atoms with van der Waals surface area (Å²) in [6.07, 6.45) is 4.11. The van der Waals surface area contributed by atoms with Gasteiger partial charge < -0.3 is 10.1 Å². The van der Waals surface area contributed by atoms with Crippen LogP contribution in [-0.4, -0.2) is 28.4 Å². The zero-order valence-electron chi connectivity index (χ0n) is 13.2. The molecule has 23 heavy (non-hydrogen) atoms. The van der Waals surface area contributed by atoms with Crippen molar-refractivity contribution in [2.24, 2.45) is 0 Å². The Hall–Kier alpha value is -2.34. The second-order valence-corrected chi connectivity index (χ2v) is 6.29. The standard InChI is InChI=1S/C17H19N3O2S/c1-12-4-3-5-13(2)16(12)22-8-6-18-15(21)10-14-11-20-7-9-23-17(20)19-14/h3-5,7,9,11H,6,8,10H2,1-2H3,(H,18,21). The SMILES string of the molecule is Cc1cccc(C)c1OCCNC(=O)Cc1cn2ccsc2n1. The number of rotatable bonds is 6. The summed E-state index contributed by atoms with van der Waals surface area (Å²) in [7, 11) is 0. The van der Waals surface area contributed by atoms with Gasteiger partial charge in [0.15, 0.2) is 4.96 Å². The Morgan fingerprint density at radius 2 is 2.13 bits per heavy atom. The molecule has 0 atom stereocenters. The lowest BCUT2D eigenvalue weighted by Crippen LogP contribution is -2.29. The van der Waals surface area contributed by atoms with Gasteiger partial charge in [0.1, 0.15) is 12.4 Å². The van der Waals surface area contributed by atoms with Crippen molar-refractivity contribution in [3.05, 3.63) is 52.8 Å². The first-order valence-corrected chi connectivity index (χ1v) is 8.38. The topological polar surface area (TPSA) is 55.6 Å². The number of aryl methyl sites for hydroxylation is 2. The van der Waals surface area contributed by atoms with Crippen molar-refractivity contribution in [3.63, 3.8) is 0 Å². The van der Waals surface area contributed by atoms with Crippen LogP contribution in [0.2, 0.25) is 0 Å². The molecule has 3 aromatic rings. The molecule has 6 heteroatoms. The van der Waals surface area contributed by atoms with Crippen LogP contribution in [0.25, 0.3) is 4.96 Å². The van der Waals surface area contributed by atoms with E-state index in [0.717, 1.165) is 27.5 Å². The summed E-state index contributed by atoms with van der Waals surface area (Å²) < 4.78 is 7.70. The number of carbonyl (C=O) groups excluding carboxylic acids is 1. The van der Waals surface area contributed by atoms with E-state index in [4.69, 9.17) is 4.74 Å². The smallest absolute Gasteiger partial charge is 0.226 e. The zero-order chi connectivity index (χ0) is 16.2. The van der Waals surface area contributed by atoms with E-state index in [0.29, 0.717) is 13.2 Å². The molecule has 0 saturated carbocycles. The number of thiazole rings is 1. The van der Waals surface area contributed by atoms with Crippen molar-refractivity contribution in [1.82, 2.24) is 14.7 Å². The summed E-state index contributed by atoms with van der Waals surface area (Å²) in [5.74, 6) is 0.858. The first kappa shape index (κ1) is 15.6. The van der Waals surface area contributed by atoms with E-state index in [-0.39, 0.29) is 12.3 Å². The van der Waals surface area contributed by atoms with Crippen LogP contribution in [0.5, 0.6) is 5.75 Å². The van der Waals surface area contributed by atoms with E-state index in [9.17, 15) is 4.79 Å². The lowest BCUT2D eigenvalue weighted by Gasteiger charge is -2.12. The number of benzene rings is 1.